The highest BCUT2D eigenvalue weighted by Gasteiger charge is 2.28. The molecule has 1 saturated carbocycles. The molecule has 0 radical (unpaired) electrons. The van der Waals surface area contributed by atoms with Crippen LogP contribution in [0.4, 0.5) is 5.82 Å². The average Bonchev–Trinajstić information content (AvgIpc) is 3.23. The maximum atomic E-state index is 13.3. The largest absolute Gasteiger partial charge is 0.370 e. The third-order valence-corrected chi connectivity index (χ3v) is 6.86. The van der Waals surface area contributed by atoms with E-state index in [0.717, 1.165) is 55.0 Å². The molecule has 8 heteroatoms. The lowest BCUT2D eigenvalue weighted by molar-refractivity contribution is 0.0926. The van der Waals surface area contributed by atoms with Gasteiger partial charge in [0.2, 0.25) is 5.82 Å². The second-order valence-corrected chi connectivity index (χ2v) is 9.34. The zero-order valence-corrected chi connectivity index (χ0v) is 19.4. The van der Waals surface area contributed by atoms with Gasteiger partial charge in [-0.1, -0.05) is 48.7 Å². The molecule has 0 aliphatic heterocycles. The van der Waals surface area contributed by atoms with Gasteiger partial charge in [-0.15, -0.1) is 0 Å². The Morgan fingerprint density at radius 3 is 2.74 bits per heavy atom. The zero-order valence-electron chi connectivity index (χ0n) is 19.4. The number of benzene rings is 2. The molecule has 6 N–H and O–H groups in total. The summed E-state index contributed by atoms with van der Waals surface area (Å²) in [5.41, 5.74) is 15.7. The van der Waals surface area contributed by atoms with Gasteiger partial charge in [-0.2, -0.15) is 0 Å². The molecular weight excluding hydrogens is 426 g/mol. The van der Waals surface area contributed by atoms with Gasteiger partial charge in [0, 0.05) is 5.39 Å². The number of fused-ring (bicyclic) bond motifs is 2. The standard InChI is InChI=1S/C26H31N7O/c1-15-10-12-20-18(14-15)23(30-21-8-4-5-9-22(21)32-26(27)28)33-24(29-20)25(34)31-19-13-11-16-6-2-3-7-17(16)19/h2-3,6-7,10,12,14,19,21-22H,4-5,8-9,11,13H2,1H3,(H,31,34)(H4,27,28,32)(H,29,30,33). The molecule has 3 atom stereocenters. The van der Waals surface area contributed by atoms with Crippen molar-refractivity contribution in [3.8, 4) is 0 Å². The Bertz CT molecular complexity index is 1250. The number of aromatic nitrogens is 2. The number of guanidine groups is 1. The molecule has 0 bridgehead atoms. The van der Waals surface area contributed by atoms with E-state index in [1.165, 1.54) is 11.1 Å². The number of rotatable bonds is 5. The Balaban J connectivity index is 1.46. The first-order chi connectivity index (χ1) is 16.5. The molecule has 1 amide bonds. The Labute approximate surface area is 199 Å². The van der Waals surface area contributed by atoms with Crippen LogP contribution in [0.1, 0.15) is 65.5 Å². The molecule has 0 spiro atoms. The topological polar surface area (TPSA) is 131 Å². The summed E-state index contributed by atoms with van der Waals surface area (Å²) in [5.74, 6) is 0.640. The van der Waals surface area contributed by atoms with E-state index < -0.39 is 0 Å². The third-order valence-electron chi connectivity index (χ3n) is 6.86. The fourth-order valence-corrected chi connectivity index (χ4v) is 5.18. The summed E-state index contributed by atoms with van der Waals surface area (Å²) in [6, 6.07) is 14.2. The molecule has 0 saturated heterocycles. The second-order valence-electron chi connectivity index (χ2n) is 9.34. The molecule has 1 heterocycles. The molecule has 8 nitrogen and oxygen atoms in total. The molecule has 1 aromatic heterocycles. The van der Waals surface area contributed by atoms with Crippen molar-refractivity contribution in [2.75, 3.05) is 5.32 Å². The molecule has 34 heavy (non-hydrogen) atoms. The van der Waals surface area contributed by atoms with Crippen LogP contribution in [-0.4, -0.2) is 33.9 Å². The number of carbonyl (C=O) groups excluding carboxylic acids is 1. The summed E-state index contributed by atoms with van der Waals surface area (Å²) in [6.07, 6.45) is 5.85. The van der Waals surface area contributed by atoms with Crippen molar-refractivity contribution < 1.29 is 4.79 Å². The van der Waals surface area contributed by atoms with Crippen LogP contribution in [0.2, 0.25) is 0 Å². The maximum absolute atomic E-state index is 13.3. The van der Waals surface area contributed by atoms with Crippen LogP contribution >= 0.6 is 0 Å². The predicted octanol–water partition coefficient (Wildman–Crippen LogP) is 3.35. The lowest BCUT2D eigenvalue weighted by Gasteiger charge is -2.30. The van der Waals surface area contributed by atoms with E-state index >= 15 is 0 Å². The average molecular weight is 458 g/mol. The van der Waals surface area contributed by atoms with E-state index in [1.807, 2.05) is 37.3 Å². The van der Waals surface area contributed by atoms with Gasteiger partial charge >= 0.3 is 0 Å². The Kier molecular flexibility index (Phi) is 6.04. The molecule has 3 unspecified atom stereocenters. The van der Waals surface area contributed by atoms with Gasteiger partial charge in [-0.05, 0) is 55.9 Å². The summed E-state index contributed by atoms with van der Waals surface area (Å²) in [4.78, 5) is 27.0. The predicted molar refractivity (Wildman–Crippen MR) is 135 cm³/mol. The van der Waals surface area contributed by atoms with Gasteiger partial charge in [-0.25, -0.2) is 15.0 Å². The zero-order chi connectivity index (χ0) is 23.7. The number of hydrogen-bond acceptors (Lipinski definition) is 5. The first-order valence-electron chi connectivity index (χ1n) is 12.0. The van der Waals surface area contributed by atoms with Crippen molar-refractivity contribution in [3.63, 3.8) is 0 Å². The van der Waals surface area contributed by atoms with E-state index in [2.05, 4.69) is 32.7 Å². The Morgan fingerprint density at radius 1 is 1.06 bits per heavy atom. The van der Waals surface area contributed by atoms with Crippen LogP contribution in [0.25, 0.3) is 10.9 Å². The van der Waals surface area contributed by atoms with Crippen molar-refractivity contribution in [2.24, 2.45) is 16.5 Å². The number of aliphatic imine (C=N–C) groups is 1. The van der Waals surface area contributed by atoms with E-state index in [-0.39, 0.29) is 35.8 Å². The fourth-order valence-electron chi connectivity index (χ4n) is 5.18. The minimum absolute atomic E-state index is 0.0259. The molecule has 1 fully saturated rings. The molecule has 2 aromatic carbocycles. The molecule has 2 aliphatic rings. The molecule has 2 aliphatic carbocycles. The van der Waals surface area contributed by atoms with Crippen molar-refractivity contribution in [3.05, 3.63) is 65.0 Å². The smallest absolute Gasteiger partial charge is 0.289 e. The minimum atomic E-state index is -0.267. The van der Waals surface area contributed by atoms with E-state index in [1.54, 1.807) is 0 Å². The highest BCUT2D eigenvalue weighted by molar-refractivity contribution is 5.97. The number of anilines is 1. The Hall–Kier alpha value is -3.68. The van der Waals surface area contributed by atoms with E-state index in [4.69, 9.17) is 16.5 Å². The lowest BCUT2D eigenvalue weighted by atomic mass is 9.90. The van der Waals surface area contributed by atoms with Crippen molar-refractivity contribution in [1.29, 1.82) is 0 Å². The first-order valence-corrected chi connectivity index (χ1v) is 12.0. The normalized spacial score (nSPS) is 21.6. The highest BCUT2D eigenvalue weighted by atomic mass is 16.2. The van der Waals surface area contributed by atoms with Crippen LogP contribution in [-0.2, 0) is 6.42 Å². The van der Waals surface area contributed by atoms with Crippen LogP contribution in [0.5, 0.6) is 0 Å². The maximum Gasteiger partial charge on any atom is 0.289 e. The number of aryl methyl sites for hydroxylation is 2. The lowest BCUT2D eigenvalue weighted by Crippen LogP contribution is -2.38. The number of carbonyl (C=O) groups is 1. The number of nitrogens with one attached hydrogen (secondary N) is 2. The van der Waals surface area contributed by atoms with Gasteiger partial charge in [0.25, 0.3) is 5.91 Å². The van der Waals surface area contributed by atoms with Crippen LogP contribution in [0.3, 0.4) is 0 Å². The molecule has 176 valence electrons. The summed E-state index contributed by atoms with van der Waals surface area (Å²) in [6.45, 7) is 2.03. The molecule has 5 rings (SSSR count). The third kappa shape index (κ3) is 4.53. The first kappa shape index (κ1) is 22.1. The fraction of sp³-hybridized carbons (Fsp3) is 0.385. The Morgan fingerprint density at radius 2 is 1.88 bits per heavy atom. The van der Waals surface area contributed by atoms with E-state index in [9.17, 15) is 4.79 Å². The van der Waals surface area contributed by atoms with Crippen molar-refractivity contribution in [1.82, 2.24) is 15.3 Å². The van der Waals surface area contributed by atoms with Gasteiger partial charge in [0.05, 0.1) is 23.6 Å². The number of amides is 1. The highest BCUT2D eigenvalue weighted by Crippen LogP contribution is 2.31. The van der Waals surface area contributed by atoms with Gasteiger partial charge in [0.15, 0.2) is 5.96 Å². The minimum Gasteiger partial charge on any atom is -0.370 e. The quantitative estimate of drug-likeness (QED) is 0.343. The van der Waals surface area contributed by atoms with Crippen molar-refractivity contribution in [2.45, 2.75) is 63.6 Å². The number of hydrogen-bond donors (Lipinski definition) is 4. The van der Waals surface area contributed by atoms with Crippen LogP contribution in [0.15, 0.2) is 47.5 Å². The molecule has 3 aromatic rings. The second kappa shape index (κ2) is 9.29. The summed E-state index contributed by atoms with van der Waals surface area (Å²) in [5, 5.41) is 7.59. The number of nitrogens with zero attached hydrogens (tertiary/aromatic N) is 3. The number of nitrogens with two attached hydrogens (primary N) is 2. The summed E-state index contributed by atoms with van der Waals surface area (Å²) < 4.78 is 0. The van der Waals surface area contributed by atoms with Crippen molar-refractivity contribution >= 4 is 28.6 Å². The van der Waals surface area contributed by atoms with Crippen LogP contribution < -0.4 is 22.1 Å². The summed E-state index contributed by atoms with van der Waals surface area (Å²) in [7, 11) is 0. The van der Waals surface area contributed by atoms with Gasteiger partial charge in [0.1, 0.15) is 5.82 Å². The monoisotopic (exact) mass is 457 g/mol. The molecular formula is C26H31N7O. The van der Waals surface area contributed by atoms with Gasteiger partial charge < -0.3 is 22.1 Å². The van der Waals surface area contributed by atoms with Crippen LogP contribution in [0, 0.1) is 6.92 Å². The van der Waals surface area contributed by atoms with E-state index in [0.29, 0.717) is 5.82 Å². The SMILES string of the molecule is Cc1ccc2nc(C(=O)NC3CCc4ccccc43)nc(NC3CCCCC3N=C(N)N)c2c1. The summed E-state index contributed by atoms with van der Waals surface area (Å²) >= 11 is 0. The van der Waals surface area contributed by atoms with Gasteiger partial charge in [-0.3, -0.25) is 4.79 Å².